The van der Waals surface area contributed by atoms with Crippen LogP contribution < -0.4 is 5.32 Å². The molecule has 0 amide bonds. The van der Waals surface area contributed by atoms with Crippen LogP contribution in [0.3, 0.4) is 0 Å². The van der Waals surface area contributed by atoms with Gasteiger partial charge >= 0.3 is 0 Å². The van der Waals surface area contributed by atoms with Gasteiger partial charge in [0.05, 0.1) is 23.3 Å². The van der Waals surface area contributed by atoms with E-state index in [1.165, 1.54) is 12.1 Å². The van der Waals surface area contributed by atoms with Crippen LogP contribution in [-0.2, 0) is 7.05 Å². The number of aryl methyl sites for hydroxylation is 1. The van der Waals surface area contributed by atoms with Gasteiger partial charge in [0, 0.05) is 18.0 Å². The summed E-state index contributed by atoms with van der Waals surface area (Å²) in [6.07, 6.45) is 1.77. The molecular weight excluding hydrogens is 293 g/mol. The zero-order valence-corrected chi connectivity index (χ0v) is 12.9. The second-order valence-corrected chi connectivity index (χ2v) is 5.68. The maximum absolute atomic E-state index is 13.4. The number of furan rings is 1. The fourth-order valence-corrected chi connectivity index (χ4v) is 2.90. The Morgan fingerprint density at radius 2 is 2.04 bits per heavy atom. The highest BCUT2D eigenvalue weighted by molar-refractivity contribution is 5.82. The number of nitrogens with one attached hydrogen (secondary N) is 1. The standard InChI is InChI=1S/C18H16FN3O/c1-11(14-10-23-17-6-4-3-5-13(14)17)20-18-21-15-8-7-12(19)9-16(15)22(18)2/h3-11H,1-2H3,(H,20,21). The highest BCUT2D eigenvalue weighted by atomic mass is 19.1. The van der Waals surface area contributed by atoms with E-state index >= 15 is 0 Å². The lowest BCUT2D eigenvalue weighted by Gasteiger charge is -2.13. The third-order valence-corrected chi connectivity index (χ3v) is 4.17. The van der Waals surface area contributed by atoms with Crippen LogP contribution in [-0.4, -0.2) is 9.55 Å². The molecule has 1 unspecified atom stereocenters. The van der Waals surface area contributed by atoms with Crippen molar-refractivity contribution in [3.05, 3.63) is 60.1 Å². The molecule has 23 heavy (non-hydrogen) atoms. The minimum atomic E-state index is -0.263. The Labute approximate surface area is 132 Å². The summed E-state index contributed by atoms with van der Waals surface area (Å²) in [5.74, 6) is 0.435. The third kappa shape index (κ3) is 2.25. The molecule has 4 rings (SSSR count). The van der Waals surface area contributed by atoms with Crippen molar-refractivity contribution in [3.8, 4) is 0 Å². The normalized spacial score (nSPS) is 12.8. The lowest BCUT2D eigenvalue weighted by atomic mass is 10.1. The van der Waals surface area contributed by atoms with Gasteiger partial charge in [-0.15, -0.1) is 0 Å². The van der Waals surface area contributed by atoms with Crippen molar-refractivity contribution in [1.82, 2.24) is 9.55 Å². The molecule has 0 saturated heterocycles. The van der Waals surface area contributed by atoms with Crippen molar-refractivity contribution in [1.29, 1.82) is 0 Å². The number of imidazole rings is 1. The molecule has 2 heterocycles. The van der Waals surface area contributed by atoms with E-state index in [1.807, 2.05) is 35.9 Å². The minimum Gasteiger partial charge on any atom is -0.464 e. The number of fused-ring (bicyclic) bond motifs is 2. The van der Waals surface area contributed by atoms with Crippen molar-refractivity contribution >= 4 is 28.0 Å². The SMILES string of the molecule is CC(Nc1nc2ccc(F)cc2n1C)c1coc2ccccc12. The van der Waals surface area contributed by atoms with E-state index in [4.69, 9.17) is 4.42 Å². The Morgan fingerprint density at radius 3 is 2.91 bits per heavy atom. The average Bonchev–Trinajstić information content (AvgIpc) is 3.10. The number of hydrogen-bond acceptors (Lipinski definition) is 3. The van der Waals surface area contributed by atoms with Gasteiger partial charge < -0.3 is 14.3 Å². The van der Waals surface area contributed by atoms with E-state index in [0.717, 1.165) is 27.6 Å². The van der Waals surface area contributed by atoms with Crippen molar-refractivity contribution in [3.63, 3.8) is 0 Å². The Balaban J connectivity index is 1.71. The fraction of sp³-hybridized carbons (Fsp3) is 0.167. The van der Waals surface area contributed by atoms with Gasteiger partial charge in [-0.3, -0.25) is 0 Å². The molecule has 0 radical (unpaired) electrons. The van der Waals surface area contributed by atoms with Crippen LogP contribution in [0.4, 0.5) is 10.3 Å². The van der Waals surface area contributed by atoms with Crippen LogP contribution >= 0.6 is 0 Å². The van der Waals surface area contributed by atoms with E-state index in [2.05, 4.69) is 17.2 Å². The number of hydrogen-bond donors (Lipinski definition) is 1. The average molecular weight is 309 g/mol. The number of anilines is 1. The van der Waals surface area contributed by atoms with Crippen LogP contribution in [0.2, 0.25) is 0 Å². The lowest BCUT2D eigenvalue weighted by molar-refractivity contribution is 0.607. The minimum absolute atomic E-state index is 0.0130. The molecule has 5 heteroatoms. The molecule has 0 aliphatic carbocycles. The summed E-state index contributed by atoms with van der Waals surface area (Å²) >= 11 is 0. The van der Waals surface area contributed by atoms with Gasteiger partial charge in [-0.1, -0.05) is 18.2 Å². The first-order valence-electron chi connectivity index (χ1n) is 7.48. The van der Waals surface area contributed by atoms with Gasteiger partial charge in [-0.25, -0.2) is 9.37 Å². The van der Waals surface area contributed by atoms with Crippen molar-refractivity contribution in [2.45, 2.75) is 13.0 Å². The summed E-state index contributed by atoms with van der Waals surface area (Å²) in [7, 11) is 1.87. The summed E-state index contributed by atoms with van der Waals surface area (Å²) in [5, 5.41) is 4.46. The molecule has 1 atom stereocenters. The van der Waals surface area contributed by atoms with E-state index in [1.54, 1.807) is 12.3 Å². The molecule has 2 aromatic heterocycles. The molecule has 1 N–H and O–H groups in total. The van der Waals surface area contributed by atoms with E-state index < -0.39 is 0 Å². The van der Waals surface area contributed by atoms with Crippen LogP contribution in [0, 0.1) is 5.82 Å². The Kier molecular flexibility index (Phi) is 3.08. The summed E-state index contributed by atoms with van der Waals surface area (Å²) in [6, 6.07) is 12.5. The van der Waals surface area contributed by atoms with Crippen LogP contribution in [0.25, 0.3) is 22.0 Å². The first-order valence-corrected chi connectivity index (χ1v) is 7.48. The van der Waals surface area contributed by atoms with E-state index in [-0.39, 0.29) is 11.9 Å². The Hall–Kier alpha value is -2.82. The van der Waals surface area contributed by atoms with Crippen LogP contribution in [0.1, 0.15) is 18.5 Å². The third-order valence-electron chi connectivity index (χ3n) is 4.17. The van der Waals surface area contributed by atoms with Gasteiger partial charge in [0.1, 0.15) is 11.4 Å². The van der Waals surface area contributed by atoms with E-state index in [9.17, 15) is 4.39 Å². The quantitative estimate of drug-likeness (QED) is 0.600. The second kappa shape index (κ2) is 5.12. The van der Waals surface area contributed by atoms with Gasteiger partial charge in [-0.05, 0) is 31.2 Å². The van der Waals surface area contributed by atoms with Gasteiger partial charge in [0.15, 0.2) is 0 Å². The second-order valence-electron chi connectivity index (χ2n) is 5.68. The number of benzene rings is 2. The smallest absolute Gasteiger partial charge is 0.204 e. The topological polar surface area (TPSA) is 43.0 Å². The highest BCUT2D eigenvalue weighted by Crippen LogP contribution is 2.29. The molecule has 0 spiro atoms. The number of halogens is 1. The molecule has 2 aromatic carbocycles. The first-order chi connectivity index (χ1) is 11.1. The molecule has 116 valence electrons. The lowest BCUT2D eigenvalue weighted by Crippen LogP contribution is -2.10. The number of nitrogens with zero attached hydrogens (tertiary/aromatic N) is 2. The maximum atomic E-state index is 13.4. The van der Waals surface area contributed by atoms with Crippen molar-refractivity contribution in [2.75, 3.05) is 5.32 Å². The Bertz CT molecular complexity index is 1000. The highest BCUT2D eigenvalue weighted by Gasteiger charge is 2.16. The monoisotopic (exact) mass is 309 g/mol. The predicted octanol–water partition coefficient (Wildman–Crippen LogP) is 4.63. The zero-order chi connectivity index (χ0) is 16.0. The summed E-state index contributed by atoms with van der Waals surface area (Å²) in [5.41, 5.74) is 3.46. The molecule has 0 fully saturated rings. The van der Waals surface area contributed by atoms with Gasteiger partial charge in [0.25, 0.3) is 0 Å². The largest absolute Gasteiger partial charge is 0.464 e. The first kappa shape index (κ1) is 13.8. The number of para-hydroxylation sites is 1. The molecular formula is C18H16FN3O. The molecule has 0 bridgehead atoms. The summed E-state index contributed by atoms with van der Waals surface area (Å²) in [4.78, 5) is 4.54. The summed E-state index contributed by atoms with van der Waals surface area (Å²) in [6.45, 7) is 2.05. The predicted molar refractivity (Wildman–Crippen MR) is 88.9 cm³/mol. The van der Waals surface area contributed by atoms with Crippen LogP contribution in [0.5, 0.6) is 0 Å². The van der Waals surface area contributed by atoms with E-state index in [0.29, 0.717) is 5.95 Å². The zero-order valence-electron chi connectivity index (χ0n) is 12.9. The summed E-state index contributed by atoms with van der Waals surface area (Å²) < 4.78 is 20.9. The molecule has 0 aliphatic rings. The van der Waals surface area contributed by atoms with Crippen LogP contribution in [0.15, 0.2) is 53.1 Å². The molecule has 0 saturated carbocycles. The molecule has 4 aromatic rings. The Morgan fingerprint density at radius 1 is 1.22 bits per heavy atom. The fourth-order valence-electron chi connectivity index (χ4n) is 2.90. The van der Waals surface area contributed by atoms with Gasteiger partial charge in [-0.2, -0.15) is 0 Å². The molecule has 0 aliphatic heterocycles. The molecule has 4 nitrogen and oxygen atoms in total. The van der Waals surface area contributed by atoms with Gasteiger partial charge in [0.2, 0.25) is 5.95 Å². The van der Waals surface area contributed by atoms with Crippen molar-refractivity contribution in [2.24, 2.45) is 7.05 Å². The number of rotatable bonds is 3. The number of aromatic nitrogens is 2. The van der Waals surface area contributed by atoms with Crippen molar-refractivity contribution < 1.29 is 8.81 Å². The maximum Gasteiger partial charge on any atom is 0.204 e.